The van der Waals surface area contributed by atoms with Gasteiger partial charge in [0.05, 0.1) is 6.17 Å². The van der Waals surface area contributed by atoms with Gasteiger partial charge in [0.2, 0.25) is 5.28 Å². The molecule has 0 aliphatic carbocycles. The average Bonchev–Trinajstić information content (AvgIpc) is 2.82. The van der Waals surface area contributed by atoms with E-state index in [1.54, 1.807) is 6.92 Å². The summed E-state index contributed by atoms with van der Waals surface area (Å²) in [5, 5.41) is 7.88. The number of rotatable bonds is 6. The molecular weight excluding hydrogens is 339 g/mol. The molecule has 0 aliphatic rings. The van der Waals surface area contributed by atoms with Crippen LogP contribution in [0.4, 0.5) is 10.2 Å². The molecule has 3 aromatic rings. The Morgan fingerprint density at radius 2 is 1.96 bits per heavy atom. The smallest absolute Gasteiger partial charge is 0.243 e. The van der Waals surface area contributed by atoms with Crippen LogP contribution in [0.5, 0.6) is 0 Å². The van der Waals surface area contributed by atoms with Crippen LogP contribution in [0.15, 0.2) is 30.3 Å². The van der Waals surface area contributed by atoms with Crippen molar-refractivity contribution < 1.29 is 4.39 Å². The number of nitrogens with zero attached hydrogens (tertiary/aromatic N) is 3. The highest BCUT2D eigenvalue weighted by Gasteiger charge is 2.18. The first-order valence-electron chi connectivity index (χ1n) is 8.43. The Bertz CT molecular complexity index is 874. The van der Waals surface area contributed by atoms with Gasteiger partial charge in [-0.05, 0) is 61.9 Å². The summed E-state index contributed by atoms with van der Waals surface area (Å²) in [5.74, 6) is 0.698. The maximum absolute atomic E-state index is 13.3. The molecule has 132 valence electrons. The average molecular weight is 361 g/mol. The summed E-state index contributed by atoms with van der Waals surface area (Å²) in [6.45, 7) is 6.25. The number of fused-ring (bicyclic) bond motifs is 1. The number of benzene rings is 1. The van der Waals surface area contributed by atoms with Gasteiger partial charge in [0.15, 0.2) is 5.82 Å². The van der Waals surface area contributed by atoms with Gasteiger partial charge in [0, 0.05) is 12.2 Å². The molecule has 2 heterocycles. The third-order valence-corrected chi connectivity index (χ3v) is 4.64. The van der Waals surface area contributed by atoms with Crippen LogP contribution < -0.4 is 5.32 Å². The van der Waals surface area contributed by atoms with E-state index in [1.165, 1.54) is 0 Å². The van der Waals surface area contributed by atoms with E-state index in [-0.39, 0.29) is 5.28 Å². The van der Waals surface area contributed by atoms with Crippen molar-refractivity contribution in [2.75, 3.05) is 5.32 Å². The van der Waals surface area contributed by atoms with E-state index in [4.69, 9.17) is 11.6 Å². The molecule has 0 bridgehead atoms. The molecule has 6 heteroatoms. The highest BCUT2D eigenvalue weighted by Crippen LogP contribution is 2.29. The maximum Gasteiger partial charge on any atom is 0.243 e. The molecule has 1 atom stereocenters. The fourth-order valence-corrected chi connectivity index (χ4v) is 3.30. The Balaban J connectivity index is 1.99. The molecule has 0 amide bonds. The summed E-state index contributed by atoms with van der Waals surface area (Å²) in [6, 6.07) is 10.1. The fourth-order valence-electron chi connectivity index (χ4n) is 3.14. The number of nitrogens with one attached hydrogen (secondary N) is 1. The first-order valence-corrected chi connectivity index (χ1v) is 8.81. The Morgan fingerprint density at radius 1 is 1.24 bits per heavy atom. The molecule has 1 aromatic carbocycles. The molecule has 0 saturated heterocycles. The Morgan fingerprint density at radius 3 is 2.64 bits per heavy atom. The van der Waals surface area contributed by atoms with E-state index in [0.717, 1.165) is 27.9 Å². The molecule has 0 spiro atoms. The van der Waals surface area contributed by atoms with Gasteiger partial charge in [-0.25, -0.2) is 8.91 Å². The van der Waals surface area contributed by atoms with Crippen LogP contribution in [0.25, 0.3) is 5.52 Å². The molecule has 1 N–H and O–H groups in total. The quantitative estimate of drug-likeness (QED) is 0.679. The van der Waals surface area contributed by atoms with Gasteiger partial charge in [0.25, 0.3) is 0 Å². The lowest BCUT2D eigenvalue weighted by atomic mass is 10.0. The van der Waals surface area contributed by atoms with Gasteiger partial charge in [-0.1, -0.05) is 30.3 Å². The van der Waals surface area contributed by atoms with Gasteiger partial charge in [0.1, 0.15) is 5.52 Å². The molecule has 25 heavy (non-hydrogen) atoms. The first-order chi connectivity index (χ1) is 12.0. The molecule has 0 saturated carbocycles. The standard InChI is InChI=1S/C19H22ClFN4/c1-12(21)9-10-16-13(2)17-18(22-11-15-7-5-4-6-8-15)23-19(20)24-25(17)14(16)3/h4-8,12H,9-11H2,1-3H3,(H,22,23,24). The first kappa shape index (κ1) is 17.7. The second-order valence-corrected chi connectivity index (χ2v) is 6.68. The van der Waals surface area contributed by atoms with Gasteiger partial charge < -0.3 is 5.32 Å². The normalized spacial score (nSPS) is 12.5. The molecule has 2 aromatic heterocycles. The summed E-state index contributed by atoms with van der Waals surface area (Å²) in [6.07, 6.45) is 0.341. The largest absolute Gasteiger partial charge is 0.364 e. The lowest BCUT2D eigenvalue weighted by Gasteiger charge is -2.09. The third-order valence-electron chi connectivity index (χ3n) is 4.48. The van der Waals surface area contributed by atoms with Crippen molar-refractivity contribution in [3.63, 3.8) is 0 Å². The van der Waals surface area contributed by atoms with E-state index in [9.17, 15) is 4.39 Å². The summed E-state index contributed by atoms with van der Waals surface area (Å²) in [7, 11) is 0. The Labute approximate surface area is 152 Å². The predicted octanol–water partition coefficient (Wildman–Crippen LogP) is 4.90. The highest BCUT2D eigenvalue weighted by molar-refractivity contribution is 6.28. The van der Waals surface area contributed by atoms with E-state index in [2.05, 4.69) is 27.5 Å². The molecule has 1 unspecified atom stereocenters. The van der Waals surface area contributed by atoms with Crippen molar-refractivity contribution >= 4 is 22.9 Å². The number of hydrogen-bond donors (Lipinski definition) is 1. The molecule has 0 radical (unpaired) electrons. The minimum Gasteiger partial charge on any atom is -0.364 e. The summed E-state index contributed by atoms with van der Waals surface area (Å²) in [5.41, 5.74) is 5.23. The van der Waals surface area contributed by atoms with Crippen LogP contribution in [-0.4, -0.2) is 20.8 Å². The molecule has 0 fully saturated rings. The second kappa shape index (κ2) is 7.40. The van der Waals surface area contributed by atoms with Crippen LogP contribution in [0.3, 0.4) is 0 Å². The SMILES string of the molecule is Cc1c(CCC(C)F)c(C)n2nc(Cl)nc(NCc3ccccc3)c12. The number of hydrogen-bond acceptors (Lipinski definition) is 3. The van der Waals surface area contributed by atoms with E-state index in [0.29, 0.717) is 25.2 Å². The molecule has 0 aliphatic heterocycles. The zero-order chi connectivity index (χ0) is 18.0. The van der Waals surface area contributed by atoms with E-state index >= 15 is 0 Å². The van der Waals surface area contributed by atoms with Crippen molar-refractivity contribution in [2.45, 2.75) is 46.3 Å². The van der Waals surface area contributed by atoms with Crippen LogP contribution in [0.2, 0.25) is 5.28 Å². The zero-order valence-electron chi connectivity index (χ0n) is 14.7. The Kier molecular flexibility index (Phi) is 5.23. The zero-order valence-corrected chi connectivity index (χ0v) is 15.4. The van der Waals surface area contributed by atoms with Gasteiger partial charge >= 0.3 is 0 Å². The van der Waals surface area contributed by atoms with Crippen LogP contribution in [-0.2, 0) is 13.0 Å². The topological polar surface area (TPSA) is 42.2 Å². The number of aryl methyl sites for hydroxylation is 2. The second-order valence-electron chi connectivity index (χ2n) is 6.34. The van der Waals surface area contributed by atoms with Gasteiger partial charge in [-0.3, -0.25) is 0 Å². The molecular formula is C19H22ClFN4. The number of anilines is 1. The summed E-state index contributed by atoms with van der Waals surface area (Å²) < 4.78 is 15.1. The van der Waals surface area contributed by atoms with E-state index < -0.39 is 6.17 Å². The van der Waals surface area contributed by atoms with Crippen LogP contribution >= 0.6 is 11.6 Å². The highest BCUT2D eigenvalue weighted by atomic mass is 35.5. The predicted molar refractivity (Wildman–Crippen MR) is 100 cm³/mol. The van der Waals surface area contributed by atoms with Crippen molar-refractivity contribution in [1.82, 2.24) is 14.6 Å². The molecule has 4 nitrogen and oxygen atoms in total. The Hall–Kier alpha value is -2.14. The van der Waals surface area contributed by atoms with Crippen molar-refractivity contribution in [2.24, 2.45) is 0 Å². The van der Waals surface area contributed by atoms with Crippen LogP contribution in [0.1, 0.15) is 35.7 Å². The minimum absolute atomic E-state index is 0.187. The lowest BCUT2D eigenvalue weighted by Crippen LogP contribution is -2.06. The summed E-state index contributed by atoms with van der Waals surface area (Å²) >= 11 is 6.12. The molecule has 3 rings (SSSR count). The lowest BCUT2D eigenvalue weighted by molar-refractivity contribution is 0.341. The van der Waals surface area contributed by atoms with Gasteiger partial charge in [-0.15, -0.1) is 5.10 Å². The van der Waals surface area contributed by atoms with Crippen molar-refractivity contribution in [3.05, 3.63) is 58.0 Å². The van der Waals surface area contributed by atoms with Gasteiger partial charge in [-0.2, -0.15) is 4.98 Å². The maximum atomic E-state index is 13.3. The van der Waals surface area contributed by atoms with E-state index in [1.807, 2.05) is 36.6 Å². The minimum atomic E-state index is -0.827. The van der Waals surface area contributed by atoms with Crippen LogP contribution in [0, 0.1) is 13.8 Å². The van der Waals surface area contributed by atoms with Crippen molar-refractivity contribution in [3.8, 4) is 0 Å². The fraction of sp³-hybridized carbons (Fsp3) is 0.368. The number of alkyl halides is 1. The number of halogens is 2. The monoisotopic (exact) mass is 360 g/mol. The summed E-state index contributed by atoms with van der Waals surface area (Å²) in [4.78, 5) is 4.38. The van der Waals surface area contributed by atoms with Crippen molar-refractivity contribution in [1.29, 1.82) is 0 Å². The number of aromatic nitrogens is 3. The third kappa shape index (κ3) is 3.76.